The Bertz CT molecular complexity index is 969. The maximum atomic E-state index is 13.6. The number of ether oxygens (including phenoxy) is 2. The highest BCUT2D eigenvalue weighted by Crippen LogP contribution is 2.32. The predicted molar refractivity (Wildman–Crippen MR) is 109 cm³/mol. The van der Waals surface area contributed by atoms with E-state index in [4.69, 9.17) is 4.74 Å². The lowest BCUT2D eigenvalue weighted by molar-refractivity contribution is -0.140. The first-order chi connectivity index (χ1) is 14.7. The summed E-state index contributed by atoms with van der Waals surface area (Å²) < 4.78 is 51.3. The van der Waals surface area contributed by atoms with Gasteiger partial charge in [0.15, 0.2) is 0 Å². The molecule has 2 rings (SSSR count). The third-order valence-corrected chi connectivity index (χ3v) is 4.39. The first kappa shape index (κ1) is 24.0. The zero-order valence-corrected chi connectivity index (χ0v) is 17.4. The largest absolute Gasteiger partial charge is 0.497 e. The van der Waals surface area contributed by atoms with Gasteiger partial charge in [-0.05, 0) is 31.0 Å². The molecule has 168 valence electrons. The van der Waals surface area contributed by atoms with E-state index in [1.807, 2.05) is 0 Å². The van der Waals surface area contributed by atoms with Crippen molar-refractivity contribution in [2.45, 2.75) is 38.5 Å². The van der Waals surface area contributed by atoms with E-state index >= 15 is 0 Å². The maximum absolute atomic E-state index is 13.6. The summed E-state index contributed by atoms with van der Waals surface area (Å²) in [5.74, 6) is 0.176. The van der Waals surface area contributed by atoms with Gasteiger partial charge in [-0.25, -0.2) is 4.68 Å². The second kappa shape index (κ2) is 10.6. The molecule has 0 aliphatic heterocycles. The van der Waals surface area contributed by atoms with Crippen molar-refractivity contribution in [2.75, 3.05) is 19.5 Å². The molecule has 1 aromatic carbocycles. The highest BCUT2D eigenvalue weighted by molar-refractivity contribution is 5.70. The number of hydrogen-bond donors (Lipinski definition) is 1. The highest BCUT2D eigenvalue weighted by atomic mass is 19.4. The van der Waals surface area contributed by atoms with E-state index in [0.29, 0.717) is 17.7 Å². The van der Waals surface area contributed by atoms with Crippen LogP contribution in [0, 0.1) is 0 Å². The third kappa shape index (κ3) is 6.87. The van der Waals surface area contributed by atoms with Gasteiger partial charge in [0.2, 0.25) is 0 Å². The molecule has 0 amide bonds. The van der Waals surface area contributed by atoms with Crippen molar-refractivity contribution in [3.8, 4) is 5.75 Å². The lowest BCUT2D eigenvalue weighted by Gasteiger charge is -2.19. The molecule has 2 aromatic rings. The van der Waals surface area contributed by atoms with Crippen molar-refractivity contribution in [3.05, 3.63) is 64.1 Å². The molecule has 31 heavy (non-hydrogen) atoms. The Hall–Kier alpha value is -3.30. The Morgan fingerprint density at radius 3 is 2.48 bits per heavy atom. The minimum absolute atomic E-state index is 0.0694. The Kier molecular flexibility index (Phi) is 8.23. The number of rotatable bonds is 9. The number of carbonyl (C=O) groups is 1. The summed E-state index contributed by atoms with van der Waals surface area (Å²) >= 11 is 0. The van der Waals surface area contributed by atoms with Gasteiger partial charge in [-0.3, -0.25) is 9.59 Å². The van der Waals surface area contributed by atoms with Crippen LogP contribution in [0.4, 0.5) is 18.9 Å². The standard InChI is InChI=1S/C21H24F3N3O4/c1-14(6-4-5-7-18(28)31-3)26-17-12-25-27(20(29)19(17)21(22,23)24)13-15-8-10-16(30-2)11-9-15/h4-5,8-12,14,26H,6-7,13H2,1-3H3/b5-4+/t14-/m0/s1. The fourth-order valence-electron chi connectivity index (χ4n) is 2.78. The first-order valence-corrected chi connectivity index (χ1v) is 9.44. The van der Waals surface area contributed by atoms with Crippen LogP contribution in [0.5, 0.6) is 5.75 Å². The van der Waals surface area contributed by atoms with Gasteiger partial charge in [0.05, 0.1) is 39.1 Å². The number of hydrogen-bond acceptors (Lipinski definition) is 6. The number of halogens is 3. The summed E-state index contributed by atoms with van der Waals surface area (Å²) in [4.78, 5) is 23.6. The molecule has 0 aliphatic rings. The number of nitrogens with zero attached hydrogens (tertiary/aromatic N) is 2. The predicted octanol–water partition coefficient (Wildman–Crippen LogP) is 3.63. The van der Waals surface area contributed by atoms with Gasteiger partial charge in [-0.15, -0.1) is 0 Å². The number of nitrogens with one attached hydrogen (secondary N) is 1. The Balaban J connectivity index is 2.21. The number of benzene rings is 1. The molecule has 1 heterocycles. The summed E-state index contributed by atoms with van der Waals surface area (Å²) in [5, 5.41) is 6.59. The monoisotopic (exact) mass is 439 g/mol. The molecule has 0 bridgehead atoms. The van der Waals surface area contributed by atoms with E-state index in [1.165, 1.54) is 14.2 Å². The second-order valence-corrected chi connectivity index (χ2v) is 6.77. The Morgan fingerprint density at radius 2 is 1.90 bits per heavy atom. The third-order valence-electron chi connectivity index (χ3n) is 4.39. The van der Waals surface area contributed by atoms with Gasteiger partial charge < -0.3 is 14.8 Å². The zero-order chi connectivity index (χ0) is 23.0. The van der Waals surface area contributed by atoms with Gasteiger partial charge in [0.25, 0.3) is 5.56 Å². The molecule has 7 nitrogen and oxygen atoms in total. The smallest absolute Gasteiger partial charge is 0.423 e. The summed E-state index contributed by atoms with van der Waals surface area (Å²) in [6, 6.07) is 6.16. The Labute approximate surface area is 177 Å². The summed E-state index contributed by atoms with van der Waals surface area (Å²) in [6.45, 7) is 1.55. The molecule has 0 saturated heterocycles. The number of anilines is 1. The van der Waals surface area contributed by atoms with E-state index < -0.39 is 35.0 Å². The fourth-order valence-corrected chi connectivity index (χ4v) is 2.78. The number of carbonyl (C=O) groups excluding carboxylic acids is 1. The molecular formula is C21H24F3N3O4. The van der Waals surface area contributed by atoms with Gasteiger partial charge in [0.1, 0.15) is 11.3 Å². The van der Waals surface area contributed by atoms with Crippen LogP contribution in [-0.2, 0) is 22.3 Å². The van der Waals surface area contributed by atoms with Gasteiger partial charge in [-0.2, -0.15) is 18.3 Å². The van der Waals surface area contributed by atoms with Crippen molar-refractivity contribution >= 4 is 11.7 Å². The highest BCUT2D eigenvalue weighted by Gasteiger charge is 2.38. The lowest BCUT2D eigenvalue weighted by atomic mass is 10.1. The van der Waals surface area contributed by atoms with Crippen LogP contribution in [-0.4, -0.2) is 36.0 Å². The van der Waals surface area contributed by atoms with Crippen LogP contribution in [0.1, 0.15) is 30.9 Å². The molecule has 0 spiro atoms. The van der Waals surface area contributed by atoms with Crippen molar-refractivity contribution in [1.29, 1.82) is 0 Å². The summed E-state index contributed by atoms with van der Waals surface area (Å²) in [5.41, 5.74) is -2.33. The van der Waals surface area contributed by atoms with E-state index in [-0.39, 0.29) is 13.0 Å². The van der Waals surface area contributed by atoms with Crippen molar-refractivity contribution < 1.29 is 27.4 Å². The van der Waals surface area contributed by atoms with Crippen molar-refractivity contribution in [3.63, 3.8) is 0 Å². The Morgan fingerprint density at radius 1 is 1.23 bits per heavy atom. The second-order valence-electron chi connectivity index (χ2n) is 6.77. The molecule has 0 fully saturated rings. The van der Waals surface area contributed by atoms with E-state index in [2.05, 4.69) is 15.2 Å². The number of alkyl halides is 3. The first-order valence-electron chi connectivity index (χ1n) is 9.44. The summed E-state index contributed by atoms with van der Waals surface area (Å²) in [6.07, 6.45) is -0.226. The fraction of sp³-hybridized carbons (Fsp3) is 0.381. The molecule has 10 heteroatoms. The molecule has 1 aromatic heterocycles. The minimum atomic E-state index is -4.86. The van der Waals surface area contributed by atoms with Crippen molar-refractivity contribution in [1.82, 2.24) is 9.78 Å². The topological polar surface area (TPSA) is 82.4 Å². The van der Waals surface area contributed by atoms with Crippen LogP contribution in [0.25, 0.3) is 0 Å². The lowest BCUT2D eigenvalue weighted by Crippen LogP contribution is -2.33. The van der Waals surface area contributed by atoms with Crippen molar-refractivity contribution in [2.24, 2.45) is 0 Å². The maximum Gasteiger partial charge on any atom is 0.423 e. The number of esters is 1. The van der Waals surface area contributed by atoms with E-state index in [0.717, 1.165) is 10.9 Å². The minimum Gasteiger partial charge on any atom is -0.497 e. The average Bonchev–Trinajstić information content (AvgIpc) is 2.72. The molecule has 0 unspecified atom stereocenters. The summed E-state index contributed by atoms with van der Waals surface area (Å²) in [7, 11) is 2.77. The van der Waals surface area contributed by atoms with E-state index in [9.17, 15) is 22.8 Å². The average molecular weight is 439 g/mol. The molecule has 0 saturated carbocycles. The van der Waals surface area contributed by atoms with Crippen LogP contribution in [0.15, 0.2) is 47.4 Å². The molecule has 0 radical (unpaired) electrons. The molecule has 1 atom stereocenters. The molecular weight excluding hydrogens is 415 g/mol. The number of aromatic nitrogens is 2. The van der Waals surface area contributed by atoms with Crippen LogP contribution >= 0.6 is 0 Å². The van der Waals surface area contributed by atoms with Crippen LogP contribution < -0.4 is 15.6 Å². The quantitative estimate of drug-likeness (QED) is 0.475. The van der Waals surface area contributed by atoms with Gasteiger partial charge >= 0.3 is 12.1 Å². The van der Waals surface area contributed by atoms with E-state index in [1.54, 1.807) is 43.3 Å². The normalized spacial score (nSPS) is 12.6. The van der Waals surface area contributed by atoms with Crippen LogP contribution in [0.3, 0.4) is 0 Å². The van der Waals surface area contributed by atoms with Crippen LogP contribution in [0.2, 0.25) is 0 Å². The number of methoxy groups -OCH3 is 2. The van der Waals surface area contributed by atoms with Gasteiger partial charge in [0, 0.05) is 6.04 Å². The van der Waals surface area contributed by atoms with Gasteiger partial charge in [-0.1, -0.05) is 24.3 Å². The SMILES string of the molecule is COC(=O)C/C=C/C[C@H](C)Nc1cnn(Cc2ccc(OC)cc2)c(=O)c1C(F)(F)F. The molecule has 1 N–H and O–H groups in total. The molecule has 0 aliphatic carbocycles. The zero-order valence-electron chi connectivity index (χ0n) is 17.4.